The number of rotatable bonds is 4. The molecule has 0 aliphatic rings. The zero-order valence-electron chi connectivity index (χ0n) is 11.0. The summed E-state index contributed by atoms with van der Waals surface area (Å²) in [7, 11) is 0. The number of hydrogen-bond acceptors (Lipinski definition) is 1. The van der Waals surface area contributed by atoms with E-state index in [2.05, 4.69) is 20.8 Å². The lowest BCUT2D eigenvalue weighted by Crippen LogP contribution is -2.20. The van der Waals surface area contributed by atoms with Crippen LogP contribution in [0.4, 0.5) is 13.2 Å². The number of halogens is 3. The van der Waals surface area contributed by atoms with Crippen molar-refractivity contribution in [2.75, 3.05) is 0 Å². The van der Waals surface area contributed by atoms with Crippen molar-refractivity contribution in [2.24, 2.45) is 5.73 Å². The predicted molar refractivity (Wildman–Crippen MR) is 67.4 cm³/mol. The molecule has 18 heavy (non-hydrogen) atoms. The molecule has 0 aliphatic heterocycles. The van der Waals surface area contributed by atoms with Gasteiger partial charge in [0, 0.05) is 6.04 Å². The molecule has 0 spiro atoms. The van der Waals surface area contributed by atoms with Crippen molar-refractivity contribution in [3.05, 3.63) is 35.4 Å². The first-order valence-electron chi connectivity index (χ1n) is 6.08. The van der Waals surface area contributed by atoms with Crippen LogP contribution in [0.2, 0.25) is 0 Å². The lowest BCUT2D eigenvalue weighted by molar-refractivity contribution is -0.138. The van der Waals surface area contributed by atoms with Crippen LogP contribution in [0.15, 0.2) is 24.3 Å². The molecule has 0 saturated heterocycles. The molecule has 1 aromatic rings. The Kier molecular flexibility index (Phi) is 4.43. The van der Waals surface area contributed by atoms with E-state index in [1.165, 1.54) is 0 Å². The molecule has 0 bridgehead atoms. The Morgan fingerprint density at radius 2 is 1.61 bits per heavy atom. The zero-order valence-corrected chi connectivity index (χ0v) is 11.0. The molecule has 0 radical (unpaired) electrons. The Bertz CT molecular complexity index is 379. The molecule has 4 heteroatoms. The van der Waals surface area contributed by atoms with Gasteiger partial charge in [0.05, 0.1) is 6.42 Å². The highest BCUT2D eigenvalue weighted by Gasteiger charge is 2.31. The fourth-order valence-electron chi connectivity index (χ4n) is 1.75. The smallest absolute Gasteiger partial charge is 0.324 e. The van der Waals surface area contributed by atoms with E-state index in [0.717, 1.165) is 12.0 Å². The van der Waals surface area contributed by atoms with Crippen LogP contribution in [0.3, 0.4) is 0 Å². The maximum absolute atomic E-state index is 12.2. The van der Waals surface area contributed by atoms with E-state index in [0.29, 0.717) is 5.56 Å². The summed E-state index contributed by atoms with van der Waals surface area (Å²) in [5.74, 6) is 0. The summed E-state index contributed by atoms with van der Waals surface area (Å²) in [5.41, 5.74) is 7.24. The number of nitrogens with two attached hydrogens (primary N) is 1. The van der Waals surface area contributed by atoms with Gasteiger partial charge in [0.15, 0.2) is 0 Å². The Morgan fingerprint density at radius 1 is 1.11 bits per heavy atom. The van der Waals surface area contributed by atoms with Crippen LogP contribution in [0.25, 0.3) is 0 Å². The standard InChI is InChI=1S/C14H20F3N/c1-4-13(2,3)11-7-5-10(6-8-11)12(18)9-14(15,16)17/h5-8,12H,4,9,18H2,1-3H3. The molecule has 1 nitrogen and oxygen atoms in total. The molecule has 0 saturated carbocycles. The van der Waals surface area contributed by atoms with Gasteiger partial charge in [-0.05, 0) is 23.0 Å². The minimum atomic E-state index is -4.22. The van der Waals surface area contributed by atoms with E-state index < -0.39 is 18.6 Å². The van der Waals surface area contributed by atoms with Crippen molar-refractivity contribution in [1.82, 2.24) is 0 Å². The largest absolute Gasteiger partial charge is 0.390 e. The Labute approximate surface area is 106 Å². The van der Waals surface area contributed by atoms with Crippen LogP contribution in [-0.4, -0.2) is 6.18 Å². The monoisotopic (exact) mass is 259 g/mol. The van der Waals surface area contributed by atoms with Crippen molar-refractivity contribution in [3.8, 4) is 0 Å². The van der Waals surface area contributed by atoms with Crippen LogP contribution in [0.1, 0.15) is 50.8 Å². The van der Waals surface area contributed by atoms with Crippen LogP contribution in [0.5, 0.6) is 0 Å². The molecule has 0 heterocycles. The minimum Gasteiger partial charge on any atom is -0.324 e. The molecule has 0 amide bonds. The Hall–Kier alpha value is -1.03. The van der Waals surface area contributed by atoms with E-state index in [1.807, 2.05) is 12.1 Å². The average Bonchev–Trinajstić information content (AvgIpc) is 2.27. The van der Waals surface area contributed by atoms with E-state index in [9.17, 15) is 13.2 Å². The summed E-state index contributed by atoms with van der Waals surface area (Å²) < 4.78 is 36.7. The van der Waals surface area contributed by atoms with Gasteiger partial charge in [-0.25, -0.2) is 0 Å². The predicted octanol–water partition coefficient (Wildman–Crippen LogP) is 4.33. The second-order valence-corrected chi connectivity index (χ2v) is 5.29. The van der Waals surface area contributed by atoms with Gasteiger partial charge in [0.1, 0.15) is 0 Å². The highest BCUT2D eigenvalue weighted by Crippen LogP contribution is 2.30. The Morgan fingerprint density at radius 3 is 2.00 bits per heavy atom. The molecule has 1 rings (SSSR count). The van der Waals surface area contributed by atoms with Crippen molar-refractivity contribution in [3.63, 3.8) is 0 Å². The van der Waals surface area contributed by atoms with Gasteiger partial charge in [0.25, 0.3) is 0 Å². The maximum atomic E-state index is 12.2. The number of hydrogen-bond donors (Lipinski definition) is 1. The number of alkyl halides is 3. The molecule has 1 unspecified atom stereocenters. The second-order valence-electron chi connectivity index (χ2n) is 5.29. The van der Waals surface area contributed by atoms with Gasteiger partial charge >= 0.3 is 6.18 Å². The zero-order chi connectivity index (χ0) is 14.0. The maximum Gasteiger partial charge on any atom is 0.390 e. The fourth-order valence-corrected chi connectivity index (χ4v) is 1.75. The average molecular weight is 259 g/mol. The normalized spacial score (nSPS) is 14.6. The summed E-state index contributed by atoms with van der Waals surface area (Å²) in [6, 6.07) is 6.15. The van der Waals surface area contributed by atoms with Gasteiger partial charge in [-0.3, -0.25) is 0 Å². The van der Waals surface area contributed by atoms with Gasteiger partial charge in [-0.15, -0.1) is 0 Å². The molecule has 0 aromatic heterocycles. The van der Waals surface area contributed by atoms with E-state index >= 15 is 0 Å². The third-order valence-electron chi connectivity index (χ3n) is 3.46. The molecule has 0 fully saturated rings. The third kappa shape index (κ3) is 4.02. The van der Waals surface area contributed by atoms with Gasteiger partial charge < -0.3 is 5.73 Å². The first-order valence-corrected chi connectivity index (χ1v) is 6.08. The van der Waals surface area contributed by atoms with Crippen LogP contribution >= 0.6 is 0 Å². The molecule has 0 aliphatic carbocycles. The van der Waals surface area contributed by atoms with Crippen molar-refractivity contribution in [1.29, 1.82) is 0 Å². The summed E-state index contributed by atoms with van der Waals surface area (Å²) >= 11 is 0. The molecule has 1 atom stereocenters. The first-order chi connectivity index (χ1) is 8.15. The molecule has 1 aromatic carbocycles. The number of benzene rings is 1. The topological polar surface area (TPSA) is 26.0 Å². The summed E-state index contributed by atoms with van der Waals surface area (Å²) in [6.07, 6.45) is -4.23. The summed E-state index contributed by atoms with van der Waals surface area (Å²) in [6.45, 7) is 6.30. The van der Waals surface area contributed by atoms with Gasteiger partial charge in [0.2, 0.25) is 0 Å². The second kappa shape index (κ2) is 5.31. The van der Waals surface area contributed by atoms with Crippen LogP contribution < -0.4 is 5.73 Å². The third-order valence-corrected chi connectivity index (χ3v) is 3.46. The summed E-state index contributed by atoms with van der Waals surface area (Å²) in [4.78, 5) is 0. The van der Waals surface area contributed by atoms with Gasteiger partial charge in [-0.1, -0.05) is 45.0 Å². The fraction of sp³-hybridized carbons (Fsp3) is 0.571. The SMILES string of the molecule is CCC(C)(C)c1ccc(C(N)CC(F)(F)F)cc1. The minimum absolute atomic E-state index is 0.0344. The highest BCUT2D eigenvalue weighted by atomic mass is 19.4. The lowest BCUT2D eigenvalue weighted by Gasteiger charge is -2.24. The molecular formula is C14H20F3N. The lowest BCUT2D eigenvalue weighted by atomic mass is 9.82. The van der Waals surface area contributed by atoms with E-state index in [4.69, 9.17) is 5.73 Å². The van der Waals surface area contributed by atoms with Crippen LogP contribution in [0, 0.1) is 0 Å². The molecule has 2 N–H and O–H groups in total. The van der Waals surface area contributed by atoms with Crippen molar-refractivity contribution >= 4 is 0 Å². The summed E-state index contributed by atoms with van der Waals surface area (Å²) in [5, 5.41) is 0. The van der Waals surface area contributed by atoms with Crippen molar-refractivity contribution < 1.29 is 13.2 Å². The molecular weight excluding hydrogens is 239 g/mol. The van der Waals surface area contributed by atoms with E-state index in [1.54, 1.807) is 12.1 Å². The highest BCUT2D eigenvalue weighted by molar-refractivity contribution is 5.29. The van der Waals surface area contributed by atoms with Crippen molar-refractivity contribution in [2.45, 2.75) is 51.2 Å². The van der Waals surface area contributed by atoms with Crippen LogP contribution in [-0.2, 0) is 5.41 Å². The van der Waals surface area contributed by atoms with Gasteiger partial charge in [-0.2, -0.15) is 13.2 Å². The quantitative estimate of drug-likeness (QED) is 0.855. The first kappa shape index (κ1) is 15.0. The van der Waals surface area contributed by atoms with E-state index in [-0.39, 0.29) is 5.41 Å². The Balaban J connectivity index is 2.83. The molecule has 102 valence electrons.